The molecule has 2 amide bonds. The van der Waals surface area contributed by atoms with Crippen molar-refractivity contribution >= 4 is 33.4 Å². The Morgan fingerprint density at radius 1 is 1.28 bits per heavy atom. The smallest absolute Gasteiger partial charge is 0.251 e. The van der Waals surface area contributed by atoms with Crippen molar-refractivity contribution < 1.29 is 18.7 Å². The van der Waals surface area contributed by atoms with Crippen LogP contribution in [0.4, 0.5) is 10.1 Å². The molecule has 1 heterocycles. The largest absolute Gasteiger partial charge is 0.491 e. The number of amides is 2. The minimum atomic E-state index is -0.414. The first-order valence-corrected chi connectivity index (χ1v) is 8.23. The number of benzene rings is 2. The molecule has 0 aromatic heterocycles. The summed E-state index contributed by atoms with van der Waals surface area (Å²) in [7, 11) is 0. The molecular weight excluding hydrogens is 391 g/mol. The lowest BCUT2D eigenvalue weighted by molar-refractivity contribution is -0.111. The number of hydrogen-bond donors (Lipinski definition) is 2. The van der Waals surface area contributed by atoms with Gasteiger partial charge >= 0.3 is 0 Å². The van der Waals surface area contributed by atoms with Gasteiger partial charge in [0.2, 0.25) is 5.91 Å². The first kappa shape index (κ1) is 17.2. The summed E-state index contributed by atoms with van der Waals surface area (Å²) in [5, 5.41) is 5.46. The second-order valence-electron chi connectivity index (χ2n) is 5.41. The molecule has 1 aliphatic heterocycles. The maximum absolute atomic E-state index is 13.5. The van der Waals surface area contributed by atoms with Gasteiger partial charge < -0.3 is 15.4 Å². The molecule has 5 nitrogen and oxygen atoms in total. The van der Waals surface area contributed by atoms with E-state index in [-0.39, 0.29) is 24.5 Å². The van der Waals surface area contributed by atoms with E-state index in [4.69, 9.17) is 4.74 Å². The molecule has 2 aromatic rings. The molecule has 128 valence electrons. The summed E-state index contributed by atoms with van der Waals surface area (Å²) >= 11 is 3.14. The van der Waals surface area contributed by atoms with Gasteiger partial charge in [0.25, 0.3) is 5.91 Å². The number of carbonyl (C=O) groups excluding carboxylic acids is 2. The van der Waals surface area contributed by atoms with Crippen LogP contribution in [0.1, 0.15) is 22.0 Å². The summed E-state index contributed by atoms with van der Waals surface area (Å²) < 4.78 is 19.3. The van der Waals surface area contributed by atoms with Gasteiger partial charge in [-0.3, -0.25) is 9.59 Å². The molecule has 0 spiro atoms. The Morgan fingerprint density at radius 2 is 2.00 bits per heavy atom. The quantitative estimate of drug-likeness (QED) is 0.765. The predicted octanol–water partition coefficient (Wildman–Crippen LogP) is 3.58. The third-order valence-electron chi connectivity index (χ3n) is 3.74. The van der Waals surface area contributed by atoms with Gasteiger partial charge in [0.1, 0.15) is 18.2 Å². The molecule has 3 rings (SSSR count). The van der Waals surface area contributed by atoms with E-state index in [9.17, 15) is 14.0 Å². The standard InChI is InChI=1S/C18H14BrFN2O3/c1-2-17(23)21-11-5-3-10(4-6-11)18(24)22-15-9-25-16-8-14(20)13(19)7-12(15)16/h2-8,15H,1,9H2,(H,21,23)(H,22,24). The number of nitrogens with one attached hydrogen (secondary N) is 2. The molecule has 0 bridgehead atoms. The van der Waals surface area contributed by atoms with Gasteiger partial charge in [-0.15, -0.1) is 0 Å². The van der Waals surface area contributed by atoms with Gasteiger partial charge in [-0.2, -0.15) is 0 Å². The number of anilines is 1. The van der Waals surface area contributed by atoms with Crippen LogP contribution in [0.15, 0.2) is 53.5 Å². The second kappa shape index (κ2) is 7.06. The fourth-order valence-corrected chi connectivity index (χ4v) is 2.82. The first-order valence-electron chi connectivity index (χ1n) is 7.44. The number of carbonyl (C=O) groups is 2. The van der Waals surface area contributed by atoms with Gasteiger partial charge in [-0.05, 0) is 52.3 Å². The molecule has 1 aliphatic rings. The van der Waals surface area contributed by atoms with E-state index < -0.39 is 5.82 Å². The van der Waals surface area contributed by atoms with Crippen LogP contribution in [-0.2, 0) is 4.79 Å². The van der Waals surface area contributed by atoms with Crippen LogP contribution in [0, 0.1) is 5.82 Å². The fraction of sp³-hybridized carbons (Fsp3) is 0.111. The van der Waals surface area contributed by atoms with Crippen LogP contribution in [-0.4, -0.2) is 18.4 Å². The minimum absolute atomic E-state index is 0.241. The topological polar surface area (TPSA) is 67.4 Å². The predicted molar refractivity (Wildman–Crippen MR) is 95.1 cm³/mol. The fourth-order valence-electron chi connectivity index (χ4n) is 2.46. The van der Waals surface area contributed by atoms with Crippen molar-refractivity contribution in [3.05, 3.63) is 70.5 Å². The Kier molecular flexibility index (Phi) is 4.85. The minimum Gasteiger partial charge on any atom is -0.491 e. The summed E-state index contributed by atoms with van der Waals surface area (Å²) in [6.07, 6.45) is 1.17. The van der Waals surface area contributed by atoms with Crippen molar-refractivity contribution in [2.45, 2.75) is 6.04 Å². The van der Waals surface area contributed by atoms with Crippen LogP contribution in [0.3, 0.4) is 0 Å². The van der Waals surface area contributed by atoms with Gasteiger partial charge in [-0.1, -0.05) is 6.58 Å². The van der Waals surface area contributed by atoms with E-state index in [1.54, 1.807) is 30.3 Å². The Balaban J connectivity index is 1.71. The van der Waals surface area contributed by atoms with Crippen molar-refractivity contribution in [3.63, 3.8) is 0 Å². The van der Waals surface area contributed by atoms with Gasteiger partial charge in [0, 0.05) is 22.9 Å². The molecule has 1 atom stereocenters. The average molecular weight is 405 g/mol. The lowest BCUT2D eigenvalue weighted by atomic mass is 10.1. The molecule has 0 saturated heterocycles. The molecule has 0 saturated carbocycles. The first-order chi connectivity index (χ1) is 12.0. The highest BCUT2D eigenvalue weighted by molar-refractivity contribution is 9.10. The van der Waals surface area contributed by atoms with Crippen molar-refractivity contribution in [2.75, 3.05) is 11.9 Å². The van der Waals surface area contributed by atoms with E-state index in [1.165, 1.54) is 12.1 Å². The van der Waals surface area contributed by atoms with Crippen LogP contribution in [0.25, 0.3) is 0 Å². The maximum atomic E-state index is 13.5. The summed E-state index contributed by atoms with van der Waals surface area (Å²) in [6, 6.07) is 9.00. The third kappa shape index (κ3) is 3.71. The zero-order valence-electron chi connectivity index (χ0n) is 13.0. The van der Waals surface area contributed by atoms with Crippen molar-refractivity contribution in [2.24, 2.45) is 0 Å². The molecule has 0 fully saturated rings. The Bertz CT molecular complexity index is 852. The lowest BCUT2D eigenvalue weighted by Gasteiger charge is -2.12. The zero-order valence-corrected chi connectivity index (χ0v) is 14.6. The SMILES string of the molecule is C=CC(=O)Nc1ccc(C(=O)NC2COc3cc(F)c(Br)cc32)cc1. The summed E-state index contributed by atoms with van der Waals surface area (Å²) in [5.41, 5.74) is 1.72. The van der Waals surface area contributed by atoms with Crippen LogP contribution in [0.2, 0.25) is 0 Å². The maximum Gasteiger partial charge on any atom is 0.251 e. The lowest BCUT2D eigenvalue weighted by Crippen LogP contribution is -2.29. The summed E-state index contributed by atoms with van der Waals surface area (Å²) in [5.74, 6) is -0.602. The van der Waals surface area contributed by atoms with Gasteiger partial charge in [0.05, 0.1) is 10.5 Å². The van der Waals surface area contributed by atoms with E-state index >= 15 is 0 Å². The van der Waals surface area contributed by atoms with E-state index in [0.717, 1.165) is 5.56 Å². The number of ether oxygens (including phenoxy) is 1. The summed E-state index contributed by atoms with van der Waals surface area (Å²) in [4.78, 5) is 23.6. The zero-order chi connectivity index (χ0) is 18.0. The molecule has 2 N–H and O–H groups in total. The molecule has 0 radical (unpaired) electrons. The van der Waals surface area contributed by atoms with Gasteiger partial charge in [0.15, 0.2) is 0 Å². The van der Waals surface area contributed by atoms with E-state index in [2.05, 4.69) is 33.1 Å². The van der Waals surface area contributed by atoms with Crippen molar-refractivity contribution in [1.29, 1.82) is 0 Å². The van der Waals surface area contributed by atoms with E-state index in [0.29, 0.717) is 21.5 Å². The van der Waals surface area contributed by atoms with E-state index in [1.807, 2.05) is 0 Å². The monoisotopic (exact) mass is 404 g/mol. The normalized spacial score (nSPS) is 15.0. The van der Waals surface area contributed by atoms with Gasteiger partial charge in [-0.25, -0.2) is 4.39 Å². The number of hydrogen-bond acceptors (Lipinski definition) is 3. The average Bonchev–Trinajstić information content (AvgIpc) is 2.97. The van der Waals surface area contributed by atoms with Crippen LogP contribution in [0.5, 0.6) is 5.75 Å². The molecule has 25 heavy (non-hydrogen) atoms. The molecule has 1 unspecified atom stereocenters. The molecule has 7 heteroatoms. The molecule has 2 aromatic carbocycles. The number of rotatable bonds is 4. The second-order valence-corrected chi connectivity index (χ2v) is 6.27. The Morgan fingerprint density at radius 3 is 2.68 bits per heavy atom. The van der Waals surface area contributed by atoms with Crippen LogP contribution < -0.4 is 15.4 Å². The summed E-state index contributed by atoms with van der Waals surface area (Å²) in [6.45, 7) is 3.62. The Hall–Kier alpha value is -2.67. The third-order valence-corrected chi connectivity index (χ3v) is 4.35. The Labute approximate surface area is 152 Å². The van der Waals surface area contributed by atoms with Crippen molar-refractivity contribution in [1.82, 2.24) is 5.32 Å². The number of halogens is 2. The highest BCUT2D eigenvalue weighted by Crippen LogP contribution is 2.36. The van der Waals surface area contributed by atoms with Crippen LogP contribution >= 0.6 is 15.9 Å². The number of fused-ring (bicyclic) bond motifs is 1. The highest BCUT2D eigenvalue weighted by atomic mass is 79.9. The van der Waals surface area contributed by atoms with Crippen molar-refractivity contribution in [3.8, 4) is 5.75 Å². The highest BCUT2D eigenvalue weighted by Gasteiger charge is 2.27. The molecular formula is C18H14BrFN2O3. The molecule has 0 aliphatic carbocycles.